The normalized spacial score (nSPS) is 22.4. The minimum atomic E-state index is -0.207. The van der Waals surface area contributed by atoms with E-state index in [0.29, 0.717) is 17.0 Å². The van der Waals surface area contributed by atoms with Crippen LogP contribution in [0.25, 0.3) is 10.8 Å². The van der Waals surface area contributed by atoms with Crippen molar-refractivity contribution in [2.24, 2.45) is 7.05 Å². The van der Waals surface area contributed by atoms with Crippen LogP contribution >= 0.6 is 0 Å². The lowest BCUT2D eigenvalue weighted by Crippen LogP contribution is -2.29. The van der Waals surface area contributed by atoms with Crippen molar-refractivity contribution in [1.29, 1.82) is 0 Å². The molecule has 2 aromatic heterocycles. The van der Waals surface area contributed by atoms with Gasteiger partial charge in [-0.25, -0.2) is 4.98 Å². The summed E-state index contributed by atoms with van der Waals surface area (Å²) in [4.78, 5) is 16.7. The summed E-state index contributed by atoms with van der Waals surface area (Å²) in [5.74, 6) is 0.946. The number of aliphatic hydroxyl groups excluding tert-OH is 1. The molecule has 4 N–H and O–H groups in total. The van der Waals surface area contributed by atoms with Crippen molar-refractivity contribution in [3.63, 3.8) is 0 Å². The number of nitrogens with zero attached hydrogens (tertiary/aromatic N) is 2. The van der Waals surface area contributed by atoms with E-state index >= 15 is 0 Å². The third-order valence-electron chi connectivity index (χ3n) is 4.12. The number of anilines is 2. The van der Waals surface area contributed by atoms with Gasteiger partial charge < -0.3 is 20.7 Å². The highest BCUT2D eigenvalue weighted by Crippen LogP contribution is 2.25. The van der Waals surface area contributed by atoms with Crippen LogP contribution in [-0.2, 0) is 7.05 Å². The number of nitrogen functional groups attached to an aromatic ring is 1. The molecule has 6 nitrogen and oxygen atoms in total. The van der Waals surface area contributed by atoms with E-state index in [1.54, 1.807) is 19.3 Å². The number of hydrogen-bond acceptors (Lipinski definition) is 5. The second-order valence-corrected chi connectivity index (χ2v) is 5.74. The van der Waals surface area contributed by atoms with Gasteiger partial charge in [0, 0.05) is 19.3 Å². The van der Waals surface area contributed by atoms with E-state index in [9.17, 15) is 9.90 Å². The van der Waals surface area contributed by atoms with Gasteiger partial charge in [0.2, 0.25) is 0 Å². The summed E-state index contributed by atoms with van der Waals surface area (Å²) in [6.07, 6.45) is 4.80. The van der Waals surface area contributed by atoms with E-state index < -0.39 is 0 Å². The Labute approximate surface area is 122 Å². The molecule has 0 amide bonds. The molecule has 0 bridgehead atoms. The molecule has 3 rings (SSSR count). The minimum absolute atomic E-state index is 0.0849. The van der Waals surface area contributed by atoms with Gasteiger partial charge in [0.1, 0.15) is 11.6 Å². The van der Waals surface area contributed by atoms with Crippen LogP contribution in [0.2, 0.25) is 0 Å². The number of aryl methyl sites for hydroxylation is 1. The van der Waals surface area contributed by atoms with Crippen molar-refractivity contribution in [3.05, 3.63) is 28.7 Å². The van der Waals surface area contributed by atoms with Crippen molar-refractivity contribution in [2.75, 3.05) is 11.1 Å². The second kappa shape index (κ2) is 5.37. The zero-order chi connectivity index (χ0) is 15.0. The quantitative estimate of drug-likeness (QED) is 0.773. The van der Waals surface area contributed by atoms with Gasteiger partial charge in [0.25, 0.3) is 5.56 Å². The van der Waals surface area contributed by atoms with Crippen LogP contribution < -0.4 is 16.6 Å². The number of fused-ring (bicyclic) bond motifs is 1. The van der Waals surface area contributed by atoms with E-state index in [2.05, 4.69) is 10.3 Å². The maximum atomic E-state index is 12.4. The highest BCUT2D eigenvalue weighted by molar-refractivity contribution is 5.92. The smallest absolute Gasteiger partial charge is 0.261 e. The number of aromatic nitrogens is 2. The van der Waals surface area contributed by atoms with Gasteiger partial charge in [-0.15, -0.1) is 0 Å². The molecule has 0 aromatic carbocycles. The fraction of sp³-hybridized carbons (Fsp3) is 0.467. The van der Waals surface area contributed by atoms with Crippen LogP contribution in [0.5, 0.6) is 0 Å². The van der Waals surface area contributed by atoms with Gasteiger partial charge in [-0.2, -0.15) is 0 Å². The molecule has 6 heteroatoms. The third kappa shape index (κ3) is 2.71. The van der Waals surface area contributed by atoms with Gasteiger partial charge >= 0.3 is 0 Å². The van der Waals surface area contributed by atoms with Crippen LogP contribution in [0.15, 0.2) is 23.1 Å². The standard InChI is InChI=1S/C15H20N4O2/c1-19-7-6-9-8-12(16)18-14(13(9)15(19)21)17-10-2-4-11(20)5-3-10/h6-8,10-11,20H,2-5H2,1H3,(H3,16,17,18). The van der Waals surface area contributed by atoms with Crippen molar-refractivity contribution in [2.45, 2.75) is 37.8 Å². The lowest BCUT2D eigenvalue weighted by molar-refractivity contribution is 0.126. The third-order valence-corrected chi connectivity index (χ3v) is 4.12. The summed E-state index contributed by atoms with van der Waals surface area (Å²) in [7, 11) is 1.72. The first-order chi connectivity index (χ1) is 10.0. The Bertz CT molecular complexity index is 717. The summed E-state index contributed by atoms with van der Waals surface area (Å²) in [5.41, 5.74) is 5.76. The predicted molar refractivity (Wildman–Crippen MR) is 83.3 cm³/mol. The Morgan fingerprint density at radius 2 is 2.10 bits per heavy atom. The zero-order valence-electron chi connectivity index (χ0n) is 12.0. The van der Waals surface area contributed by atoms with E-state index in [4.69, 9.17) is 5.73 Å². The Morgan fingerprint density at radius 1 is 1.38 bits per heavy atom. The highest BCUT2D eigenvalue weighted by atomic mass is 16.3. The van der Waals surface area contributed by atoms with Crippen molar-refractivity contribution < 1.29 is 5.11 Å². The number of hydrogen-bond donors (Lipinski definition) is 3. The van der Waals surface area contributed by atoms with E-state index in [-0.39, 0.29) is 17.7 Å². The van der Waals surface area contributed by atoms with Crippen molar-refractivity contribution in [3.8, 4) is 0 Å². The van der Waals surface area contributed by atoms with Crippen LogP contribution in [-0.4, -0.2) is 26.8 Å². The summed E-state index contributed by atoms with van der Waals surface area (Å²) in [6.45, 7) is 0. The Morgan fingerprint density at radius 3 is 2.81 bits per heavy atom. The maximum absolute atomic E-state index is 12.4. The first kappa shape index (κ1) is 13.9. The molecule has 1 aliphatic rings. The van der Waals surface area contributed by atoms with Crippen LogP contribution in [0, 0.1) is 0 Å². The van der Waals surface area contributed by atoms with E-state index in [1.165, 1.54) is 4.57 Å². The second-order valence-electron chi connectivity index (χ2n) is 5.74. The molecule has 1 saturated carbocycles. The van der Waals surface area contributed by atoms with Gasteiger partial charge in [-0.05, 0) is 43.2 Å². The maximum Gasteiger partial charge on any atom is 0.261 e. The van der Waals surface area contributed by atoms with E-state index in [0.717, 1.165) is 31.1 Å². The first-order valence-electron chi connectivity index (χ1n) is 7.25. The van der Waals surface area contributed by atoms with Crippen LogP contribution in [0.4, 0.5) is 11.6 Å². The van der Waals surface area contributed by atoms with Crippen molar-refractivity contribution >= 4 is 22.4 Å². The average Bonchev–Trinajstić information content (AvgIpc) is 2.45. The fourth-order valence-corrected chi connectivity index (χ4v) is 2.90. The fourth-order valence-electron chi connectivity index (χ4n) is 2.90. The molecule has 0 radical (unpaired) electrons. The highest BCUT2D eigenvalue weighted by Gasteiger charge is 2.21. The number of nitrogens with one attached hydrogen (secondary N) is 1. The van der Waals surface area contributed by atoms with E-state index in [1.807, 2.05) is 6.07 Å². The number of rotatable bonds is 2. The minimum Gasteiger partial charge on any atom is -0.393 e. The topological polar surface area (TPSA) is 93.2 Å². The molecule has 0 spiro atoms. The molecule has 0 unspecified atom stereocenters. The molecule has 0 saturated heterocycles. The Kier molecular flexibility index (Phi) is 3.55. The molecular formula is C15H20N4O2. The number of aliphatic hydroxyl groups is 1. The summed E-state index contributed by atoms with van der Waals surface area (Å²) in [5, 5.41) is 14.3. The zero-order valence-corrected chi connectivity index (χ0v) is 12.0. The lowest BCUT2D eigenvalue weighted by atomic mass is 9.93. The van der Waals surface area contributed by atoms with Gasteiger partial charge in [0.05, 0.1) is 11.5 Å². The molecule has 0 atom stereocenters. The lowest BCUT2D eigenvalue weighted by Gasteiger charge is -2.27. The van der Waals surface area contributed by atoms with Crippen LogP contribution in [0.3, 0.4) is 0 Å². The number of nitrogens with two attached hydrogens (primary N) is 1. The largest absolute Gasteiger partial charge is 0.393 e. The predicted octanol–water partition coefficient (Wildman–Crippen LogP) is 1.23. The molecular weight excluding hydrogens is 268 g/mol. The average molecular weight is 288 g/mol. The monoisotopic (exact) mass is 288 g/mol. The van der Waals surface area contributed by atoms with Gasteiger partial charge in [-0.3, -0.25) is 4.79 Å². The summed E-state index contributed by atoms with van der Waals surface area (Å²) < 4.78 is 1.54. The summed E-state index contributed by atoms with van der Waals surface area (Å²) in [6, 6.07) is 3.80. The summed E-state index contributed by atoms with van der Waals surface area (Å²) >= 11 is 0. The number of pyridine rings is 2. The first-order valence-corrected chi connectivity index (χ1v) is 7.25. The molecule has 2 heterocycles. The molecule has 1 fully saturated rings. The Balaban J connectivity index is 2.01. The molecule has 0 aliphatic heterocycles. The molecule has 1 aliphatic carbocycles. The Hall–Kier alpha value is -2.08. The SMILES string of the molecule is Cn1ccc2cc(N)nc(NC3CCC(O)CC3)c2c1=O. The van der Waals surface area contributed by atoms with Crippen molar-refractivity contribution in [1.82, 2.24) is 9.55 Å². The van der Waals surface area contributed by atoms with Gasteiger partial charge in [-0.1, -0.05) is 0 Å². The van der Waals surface area contributed by atoms with Gasteiger partial charge in [0.15, 0.2) is 0 Å². The molecule has 21 heavy (non-hydrogen) atoms. The molecule has 2 aromatic rings. The van der Waals surface area contributed by atoms with Crippen LogP contribution in [0.1, 0.15) is 25.7 Å². The molecule has 112 valence electrons.